The fraction of sp³-hybridized carbons (Fsp3) is 0.538. The Morgan fingerprint density at radius 3 is 3.00 bits per heavy atom. The first-order valence-corrected chi connectivity index (χ1v) is 5.91. The second-order valence-electron chi connectivity index (χ2n) is 4.74. The highest BCUT2D eigenvalue weighted by Gasteiger charge is 2.21. The van der Waals surface area contributed by atoms with Crippen LogP contribution in [0.1, 0.15) is 25.5 Å². The molecule has 1 heterocycles. The lowest BCUT2D eigenvalue weighted by molar-refractivity contribution is 0.0700. The molecule has 94 valence electrons. The van der Waals surface area contributed by atoms with Gasteiger partial charge >= 0.3 is 0 Å². The van der Waals surface area contributed by atoms with E-state index in [0.717, 1.165) is 11.3 Å². The predicted molar refractivity (Wildman–Crippen MR) is 65.2 cm³/mol. The van der Waals surface area contributed by atoms with Gasteiger partial charge in [0.25, 0.3) is 0 Å². The Morgan fingerprint density at radius 2 is 2.29 bits per heavy atom. The van der Waals surface area contributed by atoms with Crippen molar-refractivity contribution >= 4 is 0 Å². The molecule has 2 atom stereocenters. The molecule has 4 heteroatoms. The van der Waals surface area contributed by atoms with Gasteiger partial charge in [-0.2, -0.15) is 0 Å². The summed E-state index contributed by atoms with van der Waals surface area (Å²) in [6.45, 7) is 4.73. The summed E-state index contributed by atoms with van der Waals surface area (Å²) in [6.07, 6.45) is -0.452. The number of fused-ring (bicyclic) bond motifs is 1. The molecule has 4 nitrogen and oxygen atoms in total. The fourth-order valence-corrected chi connectivity index (χ4v) is 1.68. The molecule has 2 rings (SSSR count). The van der Waals surface area contributed by atoms with Gasteiger partial charge in [-0.25, -0.2) is 0 Å². The van der Waals surface area contributed by atoms with Crippen LogP contribution >= 0.6 is 0 Å². The quantitative estimate of drug-likeness (QED) is 0.832. The van der Waals surface area contributed by atoms with Crippen molar-refractivity contribution in [3.8, 4) is 11.5 Å². The molecule has 17 heavy (non-hydrogen) atoms. The summed E-state index contributed by atoms with van der Waals surface area (Å²) in [5, 5.41) is 9.65. The Morgan fingerprint density at radius 1 is 1.53 bits per heavy atom. The summed E-state index contributed by atoms with van der Waals surface area (Å²) in [7, 11) is 0. The molecule has 2 unspecified atom stereocenters. The van der Waals surface area contributed by atoms with E-state index < -0.39 is 6.10 Å². The summed E-state index contributed by atoms with van der Waals surface area (Å²) in [4.78, 5) is 0. The molecule has 0 bridgehead atoms. The lowest BCUT2D eigenvalue weighted by Crippen LogP contribution is -2.23. The molecule has 0 aromatic heterocycles. The number of rotatable bonds is 4. The maximum atomic E-state index is 9.65. The molecular weight excluding hydrogens is 218 g/mol. The van der Waals surface area contributed by atoms with E-state index >= 15 is 0 Å². The number of ether oxygens (including phenoxy) is 2. The summed E-state index contributed by atoms with van der Waals surface area (Å²) in [5.41, 5.74) is 6.87. The smallest absolute Gasteiger partial charge is 0.127 e. The Bertz CT molecular complexity index is 392. The molecule has 0 fully saturated rings. The number of aliphatic hydroxyl groups is 1. The summed E-state index contributed by atoms with van der Waals surface area (Å²) < 4.78 is 11.0. The zero-order valence-corrected chi connectivity index (χ0v) is 10.2. The van der Waals surface area contributed by atoms with Gasteiger partial charge in [0.2, 0.25) is 0 Å². The zero-order valence-electron chi connectivity index (χ0n) is 10.2. The largest absolute Gasteiger partial charge is 0.491 e. The molecule has 3 N–H and O–H groups in total. The van der Waals surface area contributed by atoms with Gasteiger partial charge < -0.3 is 20.3 Å². The second-order valence-corrected chi connectivity index (χ2v) is 4.74. The van der Waals surface area contributed by atoms with E-state index in [1.807, 2.05) is 32.0 Å². The van der Waals surface area contributed by atoms with Crippen LogP contribution in [0.4, 0.5) is 0 Å². The standard InChI is InChI=1S/C13H19NO3/c1-8(2)12(15)7-16-9-3-4-10-11(14)6-17-13(10)5-9/h3-5,8,11-12,15H,6-7,14H2,1-2H3. The first-order valence-electron chi connectivity index (χ1n) is 5.91. The average Bonchev–Trinajstić information content (AvgIpc) is 2.67. The average molecular weight is 237 g/mol. The number of nitrogens with two attached hydrogens (primary N) is 1. The molecule has 0 saturated carbocycles. The zero-order chi connectivity index (χ0) is 12.4. The topological polar surface area (TPSA) is 64.7 Å². The minimum absolute atomic E-state index is 0.0414. The molecule has 0 amide bonds. The van der Waals surface area contributed by atoms with Crippen molar-refractivity contribution in [1.82, 2.24) is 0 Å². The minimum atomic E-state index is -0.452. The highest BCUT2D eigenvalue weighted by molar-refractivity contribution is 5.44. The summed E-state index contributed by atoms with van der Waals surface area (Å²) >= 11 is 0. The lowest BCUT2D eigenvalue weighted by Gasteiger charge is -2.15. The summed E-state index contributed by atoms with van der Waals surface area (Å²) in [5.74, 6) is 1.68. The van der Waals surface area contributed by atoms with Crippen LogP contribution in [0.3, 0.4) is 0 Å². The third-order valence-corrected chi connectivity index (χ3v) is 2.99. The van der Waals surface area contributed by atoms with E-state index in [4.69, 9.17) is 15.2 Å². The van der Waals surface area contributed by atoms with Crippen molar-refractivity contribution in [3.63, 3.8) is 0 Å². The van der Waals surface area contributed by atoms with E-state index in [2.05, 4.69) is 0 Å². The predicted octanol–water partition coefficient (Wildman–Crippen LogP) is 1.47. The van der Waals surface area contributed by atoms with Crippen molar-refractivity contribution in [2.75, 3.05) is 13.2 Å². The Hall–Kier alpha value is -1.26. The fourth-order valence-electron chi connectivity index (χ4n) is 1.68. The van der Waals surface area contributed by atoms with Crippen LogP contribution in [0, 0.1) is 5.92 Å². The van der Waals surface area contributed by atoms with E-state index in [9.17, 15) is 5.11 Å². The Balaban J connectivity index is 1.99. The van der Waals surface area contributed by atoms with Gasteiger partial charge in [-0.3, -0.25) is 0 Å². The number of benzene rings is 1. The SMILES string of the molecule is CC(C)C(O)COc1ccc2c(c1)OCC2N. The van der Waals surface area contributed by atoms with Crippen LogP contribution < -0.4 is 15.2 Å². The number of hydrogen-bond acceptors (Lipinski definition) is 4. The van der Waals surface area contributed by atoms with Crippen LogP contribution in [-0.4, -0.2) is 24.4 Å². The van der Waals surface area contributed by atoms with Gasteiger partial charge in [0.05, 0.1) is 12.1 Å². The van der Waals surface area contributed by atoms with Crippen LogP contribution in [0.25, 0.3) is 0 Å². The van der Waals surface area contributed by atoms with Gasteiger partial charge in [0.15, 0.2) is 0 Å². The monoisotopic (exact) mass is 237 g/mol. The minimum Gasteiger partial charge on any atom is -0.491 e. The Labute approximate surface area is 101 Å². The normalized spacial score (nSPS) is 19.9. The van der Waals surface area contributed by atoms with Crippen molar-refractivity contribution in [2.24, 2.45) is 11.7 Å². The molecule has 0 aliphatic carbocycles. The van der Waals surface area contributed by atoms with Crippen molar-refractivity contribution < 1.29 is 14.6 Å². The number of aliphatic hydroxyl groups excluding tert-OH is 1. The van der Waals surface area contributed by atoms with E-state index in [1.165, 1.54) is 0 Å². The molecule has 0 spiro atoms. The number of hydrogen-bond donors (Lipinski definition) is 2. The van der Waals surface area contributed by atoms with Crippen molar-refractivity contribution in [2.45, 2.75) is 26.0 Å². The Kier molecular flexibility index (Phi) is 3.54. The van der Waals surface area contributed by atoms with Crippen LogP contribution in [0.2, 0.25) is 0 Å². The molecular formula is C13H19NO3. The van der Waals surface area contributed by atoms with Crippen LogP contribution in [0.15, 0.2) is 18.2 Å². The van der Waals surface area contributed by atoms with E-state index in [1.54, 1.807) is 0 Å². The third-order valence-electron chi connectivity index (χ3n) is 2.99. The first-order chi connectivity index (χ1) is 8.08. The van der Waals surface area contributed by atoms with Crippen molar-refractivity contribution in [3.05, 3.63) is 23.8 Å². The molecule has 1 aromatic rings. The highest BCUT2D eigenvalue weighted by Crippen LogP contribution is 2.33. The molecule has 1 aliphatic rings. The van der Waals surface area contributed by atoms with Gasteiger partial charge in [-0.15, -0.1) is 0 Å². The van der Waals surface area contributed by atoms with Gasteiger partial charge in [-0.1, -0.05) is 13.8 Å². The third kappa shape index (κ3) is 2.70. The van der Waals surface area contributed by atoms with E-state index in [-0.39, 0.29) is 12.0 Å². The molecule has 1 aromatic carbocycles. The summed E-state index contributed by atoms with van der Waals surface area (Å²) in [6, 6.07) is 5.57. The van der Waals surface area contributed by atoms with Crippen molar-refractivity contribution in [1.29, 1.82) is 0 Å². The van der Waals surface area contributed by atoms with Gasteiger partial charge in [-0.05, 0) is 18.1 Å². The maximum Gasteiger partial charge on any atom is 0.127 e. The molecule has 0 radical (unpaired) electrons. The van der Waals surface area contributed by atoms with Gasteiger partial charge in [0, 0.05) is 11.6 Å². The van der Waals surface area contributed by atoms with E-state index in [0.29, 0.717) is 19.0 Å². The molecule has 1 aliphatic heterocycles. The maximum absolute atomic E-state index is 9.65. The highest BCUT2D eigenvalue weighted by atomic mass is 16.5. The second kappa shape index (κ2) is 4.94. The molecule has 0 saturated heterocycles. The lowest BCUT2D eigenvalue weighted by atomic mass is 10.1. The first kappa shape index (κ1) is 12.2. The van der Waals surface area contributed by atoms with Gasteiger partial charge in [0.1, 0.15) is 24.7 Å². The van der Waals surface area contributed by atoms with Crippen LogP contribution in [-0.2, 0) is 0 Å². The van der Waals surface area contributed by atoms with Crippen LogP contribution in [0.5, 0.6) is 11.5 Å².